The molecular formula is C10H6BrF2NO2. The van der Waals surface area contributed by atoms with Gasteiger partial charge in [-0.1, -0.05) is 0 Å². The Kier molecular flexibility index (Phi) is 3.96. The Morgan fingerprint density at radius 3 is 2.62 bits per heavy atom. The van der Waals surface area contributed by atoms with Gasteiger partial charge in [-0.05, 0) is 33.6 Å². The van der Waals surface area contributed by atoms with Gasteiger partial charge in [-0.3, -0.25) is 4.79 Å². The smallest absolute Gasteiger partial charge is 0.307 e. The predicted molar refractivity (Wildman–Crippen MR) is 55.2 cm³/mol. The van der Waals surface area contributed by atoms with Gasteiger partial charge in [0.05, 0.1) is 18.1 Å². The molecule has 0 amide bonds. The summed E-state index contributed by atoms with van der Waals surface area (Å²) in [5, 5.41) is 17.2. The molecule has 0 atom stereocenters. The molecular weight excluding hydrogens is 284 g/mol. The highest BCUT2D eigenvalue weighted by atomic mass is 79.9. The van der Waals surface area contributed by atoms with Gasteiger partial charge in [0, 0.05) is 10.0 Å². The molecule has 1 rings (SSSR count). The SMILES string of the molecule is N#Cc1cc(CC(=O)O)c(Br)c(C(F)F)c1. The van der Waals surface area contributed by atoms with Gasteiger partial charge in [-0.25, -0.2) is 8.78 Å². The van der Waals surface area contributed by atoms with Crippen LogP contribution in [0, 0.1) is 11.3 Å². The highest BCUT2D eigenvalue weighted by Crippen LogP contribution is 2.31. The highest BCUT2D eigenvalue weighted by molar-refractivity contribution is 9.10. The summed E-state index contributed by atoms with van der Waals surface area (Å²) < 4.78 is 25.2. The van der Waals surface area contributed by atoms with E-state index < -0.39 is 18.8 Å². The number of nitrogens with zero attached hydrogens (tertiary/aromatic N) is 1. The van der Waals surface area contributed by atoms with Gasteiger partial charge in [0.2, 0.25) is 0 Å². The Morgan fingerprint density at radius 1 is 1.56 bits per heavy atom. The molecule has 0 bridgehead atoms. The van der Waals surface area contributed by atoms with Crippen LogP contribution in [0.4, 0.5) is 8.78 Å². The maximum atomic E-state index is 12.6. The lowest BCUT2D eigenvalue weighted by Crippen LogP contribution is -2.03. The van der Waals surface area contributed by atoms with Crippen molar-refractivity contribution in [1.29, 1.82) is 5.26 Å². The van der Waals surface area contributed by atoms with E-state index in [1.165, 1.54) is 6.07 Å². The van der Waals surface area contributed by atoms with E-state index >= 15 is 0 Å². The Labute approximate surface area is 98.4 Å². The van der Waals surface area contributed by atoms with Gasteiger partial charge in [0.15, 0.2) is 0 Å². The number of alkyl halides is 2. The number of rotatable bonds is 3. The van der Waals surface area contributed by atoms with Crippen molar-refractivity contribution in [1.82, 2.24) is 0 Å². The number of nitriles is 1. The number of carbonyl (C=O) groups is 1. The summed E-state index contributed by atoms with van der Waals surface area (Å²) in [5.41, 5.74) is -0.174. The van der Waals surface area contributed by atoms with E-state index in [2.05, 4.69) is 15.9 Å². The Balaban J connectivity index is 3.32. The van der Waals surface area contributed by atoms with E-state index in [1.807, 2.05) is 0 Å². The second-order valence-corrected chi connectivity index (χ2v) is 3.81. The number of carboxylic acid groups (broad SMARTS) is 1. The second-order valence-electron chi connectivity index (χ2n) is 3.02. The van der Waals surface area contributed by atoms with Gasteiger partial charge < -0.3 is 5.11 Å². The third-order valence-electron chi connectivity index (χ3n) is 1.88. The van der Waals surface area contributed by atoms with Crippen LogP contribution < -0.4 is 0 Å². The number of hydrogen-bond donors (Lipinski definition) is 1. The summed E-state index contributed by atoms with van der Waals surface area (Å²) in [4.78, 5) is 10.5. The zero-order valence-electron chi connectivity index (χ0n) is 7.88. The fourth-order valence-electron chi connectivity index (χ4n) is 1.22. The van der Waals surface area contributed by atoms with Crippen LogP contribution in [0.15, 0.2) is 16.6 Å². The molecule has 0 heterocycles. The zero-order chi connectivity index (χ0) is 12.3. The summed E-state index contributed by atoms with van der Waals surface area (Å²) >= 11 is 2.92. The van der Waals surface area contributed by atoms with E-state index in [1.54, 1.807) is 6.07 Å². The topological polar surface area (TPSA) is 61.1 Å². The quantitative estimate of drug-likeness (QED) is 0.931. The monoisotopic (exact) mass is 289 g/mol. The first-order valence-electron chi connectivity index (χ1n) is 4.18. The van der Waals surface area contributed by atoms with Crippen molar-refractivity contribution in [2.24, 2.45) is 0 Å². The fraction of sp³-hybridized carbons (Fsp3) is 0.200. The standard InChI is InChI=1S/C10H6BrF2NO2/c11-9-6(3-8(15)16)1-5(4-14)2-7(9)10(12)13/h1-2,10H,3H2,(H,15,16). The molecule has 16 heavy (non-hydrogen) atoms. The Morgan fingerprint density at radius 2 is 2.19 bits per heavy atom. The third kappa shape index (κ3) is 2.76. The highest BCUT2D eigenvalue weighted by Gasteiger charge is 2.17. The first kappa shape index (κ1) is 12.6. The van der Waals surface area contributed by atoms with Crippen molar-refractivity contribution in [2.45, 2.75) is 12.8 Å². The van der Waals surface area contributed by atoms with E-state index in [4.69, 9.17) is 10.4 Å². The third-order valence-corrected chi connectivity index (χ3v) is 2.85. The number of aliphatic carboxylic acids is 1. The van der Waals surface area contributed by atoms with Crippen LogP contribution in [-0.4, -0.2) is 11.1 Å². The van der Waals surface area contributed by atoms with E-state index in [0.717, 1.165) is 6.07 Å². The molecule has 1 N–H and O–H groups in total. The van der Waals surface area contributed by atoms with Gasteiger partial charge in [0.25, 0.3) is 6.43 Å². The molecule has 1 aromatic carbocycles. The van der Waals surface area contributed by atoms with Gasteiger partial charge in [-0.2, -0.15) is 5.26 Å². The summed E-state index contributed by atoms with van der Waals surface area (Å²) in [6.07, 6.45) is -3.16. The first-order chi connectivity index (χ1) is 7.45. The van der Waals surface area contributed by atoms with Crippen molar-refractivity contribution in [3.8, 4) is 6.07 Å². The van der Waals surface area contributed by atoms with Crippen molar-refractivity contribution in [3.05, 3.63) is 33.3 Å². The molecule has 0 fully saturated rings. The molecule has 3 nitrogen and oxygen atoms in total. The maximum Gasteiger partial charge on any atom is 0.307 e. The van der Waals surface area contributed by atoms with Gasteiger partial charge in [-0.15, -0.1) is 0 Å². The van der Waals surface area contributed by atoms with Crippen molar-refractivity contribution in [2.75, 3.05) is 0 Å². The Bertz CT molecular complexity index is 469. The number of halogens is 3. The van der Waals surface area contributed by atoms with Crippen LogP contribution >= 0.6 is 15.9 Å². The molecule has 0 radical (unpaired) electrons. The lowest BCUT2D eigenvalue weighted by atomic mass is 10.0. The van der Waals surface area contributed by atoms with Crippen molar-refractivity contribution in [3.63, 3.8) is 0 Å². The van der Waals surface area contributed by atoms with Crippen LogP contribution in [0.1, 0.15) is 23.1 Å². The second kappa shape index (κ2) is 5.03. The lowest BCUT2D eigenvalue weighted by Gasteiger charge is -2.08. The minimum Gasteiger partial charge on any atom is -0.481 e. The summed E-state index contributed by atoms with van der Waals surface area (Å²) in [7, 11) is 0. The van der Waals surface area contributed by atoms with Gasteiger partial charge >= 0.3 is 5.97 Å². The average molecular weight is 290 g/mol. The number of benzene rings is 1. The minimum atomic E-state index is -2.75. The molecule has 0 aliphatic rings. The van der Waals surface area contributed by atoms with Crippen LogP contribution in [0.3, 0.4) is 0 Å². The van der Waals surface area contributed by atoms with Crippen LogP contribution in [0.2, 0.25) is 0 Å². The molecule has 6 heteroatoms. The summed E-state index contributed by atoms with van der Waals surface area (Å²) in [5.74, 6) is -1.14. The zero-order valence-corrected chi connectivity index (χ0v) is 9.46. The normalized spacial score (nSPS) is 10.2. The maximum absolute atomic E-state index is 12.6. The lowest BCUT2D eigenvalue weighted by molar-refractivity contribution is -0.136. The molecule has 84 valence electrons. The van der Waals surface area contributed by atoms with Crippen LogP contribution in [-0.2, 0) is 11.2 Å². The molecule has 0 spiro atoms. The first-order valence-corrected chi connectivity index (χ1v) is 4.97. The fourth-order valence-corrected chi connectivity index (χ4v) is 1.77. The van der Waals surface area contributed by atoms with E-state index in [0.29, 0.717) is 0 Å². The average Bonchev–Trinajstić information content (AvgIpc) is 2.19. The molecule has 1 aromatic rings. The molecule has 0 aliphatic carbocycles. The molecule has 0 saturated heterocycles. The summed E-state index contributed by atoms with van der Waals surface area (Å²) in [6, 6.07) is 4.04. The minimum absolute atomic E-state index is 0.0229. The van der Waals surface area contributed by atoms with Crippen molar-refractivity contribution < 1.29 is 18.7 Å². The Hall–Kier alpha value is -1.48. The molecule has 0 saturated carbocycles. The number of carboxylic acids is 1. The van der Waals surface area contributed by atoms with Crippen LogP contribution in [0.25, 0.3) is 0 Å². The molecule has 0 aromatic heterocycles. The molecule has 0 aliphatic heterocycles. The van der Waals surface area contributed by atoms with E-state index in [-0.39, 0.29) is 21.2 Å². The van der Waals surface area contributed by atoms with Gasteiger partial charge in [0.1, 0.15) is 0 Å². The summed E-state index contributed by atoms with van der Waals surface area (Å²) in [6.45, 7) is 0. The predicted octanol–water partition coefficient (Wildman–Crippen LogP) is 2.89. The molecule has 0 unspecified atom stereocenters. The van der Waals surface area contributed by atoms with E-state index in [9.17, 15) is 13.6 Å². The van der Waals surface area contributed by atoms with Crippen LogP contribution in [0.5, 0.6) is 0 Å². The number of hydrogen-bond acceptors (Lipinski definition) is 2. The largest absolute Gasteiger partial charge is 0.481 e. The van der Waals surface area contributed by atoms with Crippen molar-refractivity contribution >= 4 is 21.9 Å².